The quantitative estimate of drug-likeness (QED) is 0.535. The first-order valence-electron chi connectivity index (χ1n) is 8.53. The molecule has 0 spiro atoms. The van der Waals surface area contributed by atoms with Crippen LogP contribution in [0, 0.1) is 5.82 Å². The molecule has 4 rings (SSSR count). The second-order valence-corrected chi connectivity index (χ2v) is 6.70. The van der Waals surface area contributed by atoms with Crippen LogP contribution in [0.4, 0.5) is 21.6 Å². The lowest BCUT2D eigenvalue weighted by Crippen LogP contribution is -2.31. The van der Waals surface area contributed by atoms with Gasteiger partial charge in [0.2, 0.25) is 0 Å². The number of nitrogens with two attached hydrogens (primary N) is 1. The zero-order valence-corrected chi connectivity index (χ0v) is 15.7. The van der Waals surface area contributed by atoms with Crippen molar-refractivity contribution in [2.45, 2.75) is 6.42 Å². The average molecular weight is 402 g/mol. The smallest absolute Gasteiger partial charge is 0.255 e. The maximum atomic E-state index is 14.0. The second kappa shape index (κ2) is 7.05. The number of nitrogens with one attached hydrogen (secondary N) is 3. The number of methoxy groups -OCH3 is 1. The first-order chi connectivity index (χ1) is 13.5. The first-order valence-corrected chi connectivity index (χ1v) is 8.90. The van der Waals surface area contributed by atoms with Crippen molar-refractivity contribution in [3.05, 3.63) is 52.6 Å². The molecule has 0 bridgehead atoms. The molecule has 1 aliphatic rings. The number of ether oxygens (including phenoxy) is 1. The van der Waals surface area contributed by atoms with Gasteiger partial charge in [-0.2, -0.15) is 0 Å². The van der Waals surface area contributed by atoms with Crippen molar-refractivity contribution in [1.82, 2.24) is 15.3 Å². The van der Waals surface area contributed by atoms with Gasteiger partial charge in [0, 0.05) is 36.5 Å². The molecule has 3 heterocycles. The topological polar surface area (TPSA) is 105 Å². The maximum Gasteiger partial charge on any atom is 0.255 e. The lowest BCUT2D eigenvalue weighted by atomic mass is 10.1. The van der Waals surface area contributed by atoms with Gasteiger partial charge in [0.1, 0.15) is 11.6 Å². The summed E-state index contributed by atoms with van der Waals surface area (Å²) < 4.78 is 19.3. The number of rotatable bonds is 4. The highest BCUT2D eigenvalue weighted by Crippen LogP contribution is 2.41. The Kier molecular flexibility index (Phi) is 4.56. The van der Waals surface area contributed by atoms with Crippen molar-refractivity contribution in [1.29, 1.82) is 0 Å². The molecule has 0 fully saturated rings. The number of amides is 1. The highest BCUT2D eigenvalue weighted by atomic mass is 35.5. The number of H-pyrrole nitrogens is 1. The molecule has 2 aromatic heterocycles. The minimum Gasteiger partial charge on any atom is -0.493 e. The van der Waals surface area contributed by atoms with Gasteiger partial charge in [0.05, 0.1) is 34.8 Å². The molecule has 0 radical (unpaired) electrons. The van der Waals surface area contributed by atoms with E-state index in [1.165, 1.54) is 13.2 Å². The molecule has 28 heavy (non-hydrogen) atoms. The number of carbonyl (C=O) groups is 1. The molecular formula is C19H17ClFN5O2. The van der Waals surface area contributed by atoms with Gasteiger partial charge < -0.3 is 26.1 Å². The molecule has 3 aromatic rings. The summed E-state index contributed by atoms with van der Waals surface area (Å²) in [6.07, 6.45) is 2.21. The number of hydrogen-bond acceptors (Lipinski definition) is 5. The van der Waals surface area contributed by atoms with E-state index >= 15 is 0 Å². The molecule has 1 amide bonds. The number of fused-ring (bicyclic) bond motifs is 1. The molecule has 0 atom stereocenters. The number of anilines is 3. The van der Waals surface area contributed by atoms with Crippen molar-refractivity contribution in [2.24, 2.45) is 0 Å². The summed E-state index contributed by atoms with van der Waals surface area (Å²) in [5, 5.41) is 6.07. The summed E-state index contributed by atoms with van der Waals surface area (Å²) in [5.41, 5.74) is 9.21. The Hall–Kier alpha value is -3.26. The molecule has 0 saturated carbocycles. The molecule has 0 unspecified atom stereocenters. The lowest BCUT2D eigenvalue weighted by molar-refractivity contribution is 0.0947. The third-order valence-electron chi connectivity index (χ3n) is 4.51. The summed E-state index contributed by atoms with van der Waals surface area (Å²) in [5.74, 6) is -0.145. The fourth-order valence-corrected chi connectivity index (χ4v) is 3.60. The highest BCUT2D eigenvalue weighted by Gasteiger charge is 2.28. The number of carbonyl (C=O) groups excluding carboxylic acids is 1. The van der Waals surface area contributed by atoms with Gasteiger partial charge in [0.15, 0.2) is 5.75 Å². The van der Waals surface area contributed by atoms with E-state index in [4.69, 9.17) is 22.1 Å². The summed E-state index contributed by atoms with van der Waals surface area (Å²) >= 11 is 6.11. The van der Waals surface area contributed by atoms with Gasteiger partial charge in [-0.3, -0.25) is 4.79 Å². The van der Waals surface area contributed by atoms with Crippen LogP contribution in [0.1, 0.15) is 16.1 Å². The van der Waals surface area contributed by atoms with Crippen LogP contribution in [0.25, 0.3) is 11.3 Å². The van der Waals surface area contributed by atoms with Crippen LogP contribution in [-0.4, -0.2) is 29.5 Å². The van der Waals surface area contributed by atoms with Crippen molar-refractivity contribution in [3.63, 3.8) is 0 Å². The normalized spacial score (nSPS) is 13.0. The van der Waals surface area contributed by atoms with Crippen molar-refractivity contribution in [3.8, 4) is 17.0 Å². The third kappa shape index (κ3) is 3.11. The van der Waals surface area contributed by atoms with Crippen LogP contribution in [0.2, 0.25) is 5.02 Å². The van der Waals surface area contributed by atoms with Gasteiger partial charge >= 0.3 is 0 Å². The summed E-state index contributed by atoms with van der Waals surface area (Å²) in [6, 6.07) is 5.88. The molecule has 0 saturated heterocycles. The molecule has 1 aliphatic heterocycles. The van der Waals surface area contributed by atoms with Gasteiger partial charge in [0.25, 0.3) is 5.91 Å². The number of aromatic nitrogens is 2. The number of halogens is 2. The van der Waals surface area contributed by atoms with E-state index in [1.54, 1.807) is 18.3 Å². The number of pyridine rings is 1. The minimum atomic E-state index is -0.531. The third-order valence-corrected chi connectivity index (χ3v) is 4.79. The van der Waals surface area contributed by atoms with E-state index in [0.717, 1.165) is 17.3 Å². The van der Waals surface area contributed by atoms with Crippen LogP contribution in [-0.2, 0) is 6.42 Å². The van der Waals surface area contributed by atoms with Crippen molar-refractivity contribution in [2.75, 3.05) is 24.7 Å². The van der Waals surface area contributed by atoms with Crippen LogP contribution < -0.4 is 21.1 Å². The summed E-state index contributed by atoms with van der Waals surface area (Å²) in [6.45, 7) is 0.527. The Labute approximate surface area is 165 Å². The Morgan fingerprint density at radius 1 is 1.36 bits per heavy atom. The monoisotopic (exact) mass is 401 g/mol. The van der Waals surface area contributed by atoms with E-state index in [2.05, 4.69) is 20.6 Å². The Morgan fingerprint density at radius 3 is 2.93 bits per heavy atom. The molecule has 1 aromatic carbocycles. The zero-order valence-electron chi connectivity index (χ0n) is 14.9. The molecule has 5 N–H and O–H groups in total. The number of nitrogen functional groups attached to an aromatic ring is 1. The summed E-state index contributed by atoms with van der Waals surface area (Å²) in [4.78, 5) is 19.8. The van der Waals surface area contributed by atoms with E-state index in [0.29, 0.717) is 41.4 Å². The number of benzene rings is 1. The Bertz CT molecular complexity index is 1080. The van der Waals surface area contributed by atoms with E-state index in [9.17, 15) is 9.18 Å². The predicted octanol–water partition coefficient (Wildman–Crippen LogP) is 3.49. The highest BCUT2D eigenvalue weighted by molar-refractivity contribution is 6.32. The van der Waals surface area contributed by atoms with E-state index < -0.39 is 5.82 Å². The number of hydrogen-bond donors (Lipinski definition) is 4. The van der Waals surface area contributed by atoms with Crippen LogP contribution >= 0.6 is 11.6 Å². The number of aromatic amines is 1. The molecule has 9 heteroatoms. The van der Waals surface area contributed by atoms with Gasteiger partial charge in [-0.15, -0.1) is 0 Å². The fourth-order valence-electron chi connectivity index (χ4n) is 3.32. The average Bonchev–Trinajstić information content (AvgIpc) is 3.01. The minimum absolute atomic E-state index is 0.119. The predicted molar refractivity (Wildman–Crippen MR) is 106 cm³/mol. The molecule has 7 nitrogen and oxygen atoms in total. The van der Waals surface area contributed by atoms with Crippen molar-refractivity contribution < 1.29 is 13.9 Å². The van der Waals surface area contributed by atoms with Crippen LogP contribution in [0.3, 0.4) is 0 Å². The van der Waals surface area contributed by atoms with Gasteiger partial charge in [-0.05, 0) is 18.2 Å². The Morgan fingerprint density at radius 2 is 2.18 bits per heavy atom. The van der Waals surface area contributed by atoms with Crippen molar-refractivity contribution >= 4 is 34.7 Å². The van der Waals surface area contributed by atoms with Crippen LogP contribution in [0.5, 0.6) is 5.75 Å². The number of nitrogens with zero attached hydrogens (tertiary/aromatic N) is 1. The largest absolute Gasteiger partial charge is 0.493 e. The van der Waals surface area contributed by atoms with E-state index in [-0.39, 0.29) is 16.7 Å². The lowest BCUT2D eigenvalue weighted by Gasteiger charge is -2.17. The molecule has 144 valence electrons. The molecular weight excluding hydrogens is 385 g/mol. The fraction of sp³-hybridized carbons (Fsp3) is 0.158. The standard InChI is InChI=1S/C19H17ClFN5O2/c1-28-18-11(20)7-10(21)8-13(18)26-17-15-12(3-5-24-19(15)27)25-16(17)9-2-4-23-14(22)6-9/h2,4,6-8,25-26H,3,5H2,1H3,(H2,22,23)(H,24,27). The Balaban J connectivity index is 1.91. The van der Waals surface area contributed by atoms with E-state index in [1.807, 2.05) is 0 Å². The SMILES string of the molecule is COc1c(Cl)cc(F)cc1Nc1c(-c2ccnc(N)c2)[nH]c2c1C(=O)NCC2. The maximum absolute atomic E-state index is 14.0. The first kappa shape index (κ1) is 18.1. The van der Waals surface area contributed by atoms with Crippen LogP contribution in [0.15, 0.2) is 30.5 Å². The van der Waals surface area contributed by atoms with Gasteiger partial charge in [-0.1, -0.05) is 11.6 Å². The zero-order chi connectivity index (χ0) is 19.8. The van der Waals surface area contributed by atoms with Gasteiger partial charge in [-0.25, -0.2) is 9.37 Å². The molecule has 0 aliphatic carbocycles. The second-order valence-electron chi connectivity index (χ2n) is 6.30. The summed E-state index contributed by atoms with van der Waals surface area (Å²) in [7, 11) is 1.44.